The van der Waals surface area contributed by atoms with Gasteiger partial charge in [0.2, 0.25) is 0 Å². The van der Waals surface area contributed by atoms with Gasteiger partial charge in [-0.15, -0.1) is 0 Å². The van der Waals surface area contributed by atoms with Crippen LogP contribution in [0, 0.1) is 0 Å². The third-order valence-corrected chi connectivity index (χ3v) is 20.3. The van der Waals surface area contributed by atoms with Gasteiger partial charge in [-0.1, -0.05) is 147 Å². The molecular weight excluding hydrogens is 1410 g/mol. The Morgan fingerprint density at radius 2 is 0.429 bits per heavy atom. The number of benzene rings is 5. The topological polar surface area (TPSA) is 141 Å². The molecule has 0 aliphatic carbocycles. The van der Waals surface area contributed by atoms with Crippen molar-refractivity contribution in [1.82, 2.24) is 49.4 Å². The molecule has 0 spiro atoms. The highest BCUT2D eigenvalue weighted by molar-refractivity contribution is 6.33. The highest BCUT2D eigenvalue weighted by Crippen LogP contribution is 2.29. The van der Waals surface area contributed by atoms with E-state index in [1.54, 1.807) is 0 Å². The fourth-order valence-corrected chi connectivity index (χ4v) is 13.4. The Morgan fingerprint density at radius 3 is 0.695 bits per heavy atom. The van der Waals surface area contributed by atoms with E-state index in [2.05, 4.69) is 145 Å². The Hall–Kier alpha value is -6.60. The van der Waals surface area contributed by atoms with E-state index in [9.17, 15) is 0 Å². The Bertz CT molecular complexity index is 4030. The fourth-order valence-electron chi connectivity index (χ4n) is 12.5. The summed E-state index contributed by atoms with van der Waals surface area (Å²) < 4.78 is 0. The summed E-state index contributed by atoms with van der Waals surface area (Å²) in [7, 11) is 0. The van der Waals surface area contributed by atoms with Gasteiger partial charge in [-0.2, -0.15) is 0 Å². The molecule has 5 aromatic heterocycles. The number of nitrogens with zero attached hydrogens (tertiary/aromatic N) is 10. The summed E-state index contributed by atoms with van der Waals surface area (Å²) in [5.74, 6) is 0. The van der Waals surface area contributed by atoms with Crippen LogP contribution in [0.15, 0.2) is 152 Å². The van der Waals surface area contributed by atoms with Crippen LogP contribution in [-0.2, 0) is 0 Å². The van der Waals surface area contributed by atoms with E-state index in [0.29, 0.717) is 0 Å². The number of hydrogen-bond donors (Lipinski definition) is 5. The van der Waals surface area contributed by atoms with Gasteiger partial charge in [0.15, 0.2) is 0 Å². The molecule has 10 aromatic rings. The molecule has 10 rings (SSSR count). The van der Waals surface area contributed by atoms with Gasteiger partial charge < -0.3 is 51.1 Å². The van der Waals surface area contributed by atoms with E-state index < -0.39 is 0 Å². The smallest absolute Gasteiger partial charge is 0.0737 e. The van der Waals surface area contributed by atoms with E-state index in [1.165, 1.54) is 77.4 Å². The number of halogens is 5. The van der Waals surface area contributed by atoms with E-state index in [1.807, 2.05) is 152 Å². The van der Waals surface area contributed by atoms with Crippen molar-refractivity contribution < 1.29 is 0 Å². The van der Waals surface area contributed by atoms with Gasteiger partial charge in [0.05, 0.1) is 27.6 Å². The van der Waals surface area contributed by atoms with Crippen LogP contribution in [0.25, 0.3) is 54.5 Å². The number of anilines is 5. The van der Waals surface area contributed by atoms with Crippen molar-refractivity contribution in [3.8, 4) is 0 Å². The highest BCUT2D eigenvalue weighted by Gasteiger charge is 2.10. The van der Waals surface area contributed by atoms with Gasteiger partial charge in [0.25, 0.3) is 0 Å². The van der Waals surface area contributed by atoms with Crippen LogP contribution in [0.3, 0.4) is 0 Å². The molecule has 0 bridgehead atoms. The predicted octanol–water partition coefficient (Wildman–Crippen LogP) is 22.1. The number of aromatic nitrogens is 5. The molecule has 20 heteroatoms. The average Bonchev–Trinajstić information content (AvgIpc) is 0.856. The van der Waals surface area contributed by atoms with Gasteiger partial charge in [0, 0.05) is 151 Å². The molecule has 0 unspecified atom stereocenters. The molecule has 570 valence electrons. The van der Waals surface area contributed by atoms with Gasteiger partial charge in [-0.3, -0.25) is 24.9 Å². The summed E-state index contributed by atoms with van der Waals surface area (Å²) >= 11 is 30.0. The predicted molar refractivity (Wildman–Crippen MR) is 461 cm³/mol. The Labute approximate surface area is 654 Å². The Morgan fingerprint density at radius 1 is 0.229 bits per heavy atom. The molecule has 0 aliphatic heterocycles. The molecule has 0 fully saturated rings. The molecule has 105 heavy (non-hydrogen) atoms. The van der Waals surface area contributed by atoms with Crippen molar-refractivity contribution in [3.63, 3.8) is 0 Å². The van der Waals surface area contributed by atoms with Crippen LogP contribution in [0.2, 0.25) is 25.1 Å². The minimum atomic E-state index is 0.722. The van der Waals surface area contributed by atoms with E-state index in [4.69, 9.17) is 58.0 Å². The Kier molecular flexibility index (Phi) is 42.3. The van der Waals surface area contributed by atoms with Crippen LogP contribution in [0.5, 0.6) is 0 Å². The number of rotatable bonds is 40. The fraction of sp³-hybridized carbons (Fsp3) is 0.471. The first-order valence-electron chi connectivity index (χ1n) is 38.7. The maximum atomic E-state index is 6.03. The number of hydrogen-bond acceptors (Lipinski definition) is 15. The minimum Gasteiger partial charge on any atom is -0.384 e. The van der Waals surface area contributed by atoms with Gasteiger partial charge >= 0.3 is 0 Å². The van der Waals surface area contributed by atoms with E-state index >= 15 is 0 Å². The van der Waals surface area contributed by atoms with Crippen molar-refractivity contribution >= 4 is 141 Å². The summed E-state index contributed by atoms with van der Waals surface area (Å²) in [5, 5.41) is 26.8. The van der Waals surface area contributed by atoms with Gasteiger partial charge in [0.1, 0.15) is 0 Å². The first kappa shape index (κ1) is 87.3. The van der Waals surface area contributed by atoms with Crippen LogP contribution < -0.4 is 26.6 Å². The summed E-state index contributed by atoms with van der Waals surface area (Å²) in [5.41, 5.74) is 10.4. The maximum absolute atomic E-state index is 6.03. The average molecular weight is 1530 g/mol. The zero-order valence-electron chi connectivity index (χ0n) is 64.5. The SMILES string of the molecule is CCN(CC)CCCCCCNc1ccnc2cc(Cl)ccc12.CCN(CC)CCCCCNc1ccnc2cc(Cl)ccc12.CCN(CC)CCCCNc1ccnc2cc(Cl)ccc12.CCN(CC)CCCNc1ccnc2cc(Cl)ccc12.CCN(CC)CCNc1ccnc2cc(Cl)ccc12. The van der Waals surface area contributed by atoms with Gasteiger partial charge in [-0.05, 0) is 258 Å². The zero-order valence-corrected chi connectivity index (χ0v) is 68.3. The molecule has 15 nitrogen and oxygen atoms in total. The van der Waals surface area contributed by atoms with Crippen molar-refractivity contribution in [3.05, 3.63) is 177 Å². The molecular formula is C85H120Cl5N15. The lowest BCUT2D eigenvalue weighted by Gasteiger charge is -2.18. The van der Waals surface area contributed by atoms with Crippen molar-refractivity contribution in [1.29, 1.82) is 0 Å². The first-order chi connectivity index (χ1) is 51.2. The first-order valence-corrected chi connectivity index (χ1v) is 40.6. The second-order valence-electron chi connectivity index (χ2n) is 25.9. The molecule has 0 radical (unpaired) electrons. The van der Waals surface area contributed by atoms with Crippen molar-refractivity contribution in [2.75, 3.05) is 157 Å². The quantitative estimate of drug-likeness (QED) is 0.0233. The van der Waals surface area contributed by atoms with Gasteiger partial charge in [-0.25, -0.2) is 0 Å². The molecule has 5 heterocycles. The summed E-state index contributed by atoms with van der Waals surface area (Å²) in [6, 6.07) is 39.4. The maximum Gasteiger partial charge on any atom is 0.0737 e. The summed E-state index contributed by atoms with van der Waals surface area (Å²) in [6.45, 7) is 44.2. The molecule has 5 N–H and O–H groups in total. The molecule has 0 saturated carbocycles. The van der Waals surface area contributed by atoms with Crippen LogP contribution in [-0.4, -0.2) is 180 Å². The molecule has 5 aromatic carbocycles. The second-order valence-corrected chi connectivity index (χ2v) is 28.1. The second kappa shape index (κ2) is 50.9. The summed E-state index contributed by atoms with van der Waals surface area (Å²) in [6.07, 6.45) is 21.5. The summed E-state index contributed by atoms with van der Waals surface area (Å²) in [4.78, 5) is 34.1. The number of pyridine rings is 5. The minimum absolute atomic E-state index is 0.722. The zero-order chi connectivity index (χ0) is 75.4. The lowest BCUT2D eigenvalue weighted by Crippen LogP contribution is -2.28. The lowest BCUT2D eigenvalue weighted by atomic mass is 10.1. The largest absolute Gasteiger partial charge is 0.384 e. The standard InChI is InChI=1S/C19H28ClN3.C18H26ClN3.C17H24ClN3.C16H22ClN3.C15H20ClN3/c1-3-23(4-2)14-8-6-5-7-12-21-18-11-13-22-19-15-16(20)9-10-17(18)19;1-3-22(4-2)13-7-5-6-11-20-17-10-12-21-18-14-15(19)8-9-16(17)18;1-3-21(4-2)12-6-5-10-19-16-9-11-20-17-13-14(18)7-8-15(16)17;1-3-20(4-2)11-5-9-18-15-8-10-19-16-12-13(17)6-7-14(15)16;1-3-19(4-2)10-9-18-14-7-8-17-15-11-12(16)5-6-13(14)15/h9-11,13,15H,3-8,12,14H2,1-2H3,(H,21,22);8-10,12,14H,3-7,11,13H2,1-2H3,(H,20,21);7-9,11,13H,3-6,10,12H2,1-2H3,(H,19,20);6-8,10,12H,3-5,9,11H2,1-2H3,(H,18,19);5-8,11H,3-4,9-10H2,1-2H3,(H,17,18). The van der Waals surface area contributed by atoms with Crippen LogP contribution >= 0.6 is 58.0 Å². The van der Waals surface area contributed by atoms with Crippen LogP contribution in [0.4, 0.5) is 28.4 Å². The monoisotopic (exact) mass is 1530 g/mol. The molecule has 0 saturated heterocycles. The third-order valence-electron chi connectivity index (χ3n) is 19.1. The molecule has 0 atom stereocenters. The highest BCUT2D eigenvalue weighted by atomic mass is 35.5. The Balaban J connectivity index is 0.000000206. The third kappa shape index (κ3) is 31.3. The normalized spacial score (nSPS) is 11.2. The van der Waals surface area contributed by atoms with E-state index in [0.717, 1.165) is 226 Å². The molecule has 0 aliphatic rings. The number of fused-ring (bicyclic) bond motifs is 5. The van der Waals surface area contributed by atoms with Crippen molar-refractivity contribution in [2.45, 2.75) is 133 Å². The molecule has 0 amide bonds. The number of likely N-dealkylation sites (N-methyl/N-ethyl adjacent to an activating group) is 1. The number of unbranched alkanes of at least 4 members (excludes halogenated alkanes) is 6. The van der Waals surface area contributed by atoms with E-state index in [-0.39, 0.29) is 0 Å². The number of nitrogens with one attached hydrogen (secondary N) is 5. The lowest BCUT2D eigenvalue weighted by molar-refractivity contribution is 0.295. The van der Waals surface area contributed by atoms with Crippen molar-refractivity contribution in [2.24, 2.45) is 0 Å². The van der Waals surface area contributed by atoms with Crippen LogP contribution in [0.1, 0.15) is 133 Å².